The number of quaternary nitrogens is 1. The number of phosphoric acid groups is 1. The second kappa shape index (κ2) is 52.9. The lowest BCUT2D eigenvalue weighted by Gasteiger charge is -2.27. The van der Waals surface area contributed by atoms with E-state index in [0.29, 0.717) is 17.4 Å². The van der Waals surface area contributed by atoms with E-state index in [-0.39, 0.29) is 31.5 Å². The van der Waals surface area contributed by atoms with Crippen molar-refractivity contribution in [1.82, 2.24) is 5.32 Å². The molecule has 1 amide bonds. The van der Waals surface area contributed by atoms with Gasteiger partial charge in [-0.1, -0.05) is 242 Å². The maximum atomic E-state index is 13.5. The zero-order valence-electron chi connectivity index (χ0n) is 48.4. The van der Waals surface area contributed by atoms with Crippen LogP contribution in [0.1, 0.15) is 265 Å². The summed E-state index contributed by atoms with van der Waals surface area (Å²) in [5.74, 6) is -0.529. The highest BCUT2D eigenvalue weighted by Gasteiger charge is 2.30. The number of allylic oxidation sites excluding steroid dienone is 11. The first-order chi connectivity index (χ1) is 35.4. The van der Waals surface area contributed by atoms with Crippen molar-refractivity contribution in [2.24, 2.45) is 0 Å². The van der Waals surface area contributed by atoms with E-state index in [1.165, 1.54) is 141 Å². The van der Waals surface area contributed by atoms with Gasteiger partial charge in [0.15, 0.2) is 0 Å². The molecule has 0 aliphatic rings. The number of hydrogen-bond donors (Lipinski definition) is 2. The Bertz CT molecular complexity index is 1480. The molecule has 10 heteroatoms. The summed E-state index contributed by atoms with van der Waals surface area (Å²) in [6.45, 7) is 6.83. The van der Waals surface area contributed by atoms with E-state index in [2.05, 4.69) is 86.8 Å². The van der Waals surface area contributed by atoms with Gasteiger partial charge >= 0.3 is 13.8 Å². The Morgan fingerprint density at radius 3 is 1.44 bits per heavy atom. The molecule has 0 bridgehead atoms. The zero-order valence-corrected chi connectivity index (χ0v) is 49.3. The quantitative estimate of drug-likeness (QED) is 0.0156. The molecule has 0 aromatic heterocycles. The Morgan fingerprint density at radius 2 is 0.932 bits per heavy atom. The fourth-order valence-electron chi connectivity index (χ4n) is 8.50. The summed E-state index contributed by atoms with van der Waals surface area (Å²) in [6, 6.07) is -0.860. The van der Waals surface area contributed by atoms with Gasteiger partial charge in [-0.05, 0) is 83.1 Å². The minimum Gasteiger partial charge on any atom is -0.456 e. The number of nitrogens with zero attached hydrogens (tertiary/aromatic N) is 1. The van der Waals surface area contributed by atoms with E-state index in [9.17, 15) is 19.0 Å². The van der Waals surface area contributed by atoms with Crippen molar-refractivity contribution in [3.63, 3.8) is 0 Å². The lowest BCUT2D eigenvalue weighted by Crippen LogP contribution is -2.47. The highest BCUT2D eigenvalue weighted by Crippen LogP contribution is 2.43. The number of amides is 1. The third-order valence-corrected chi connectivity index (χ3v) is 14.2. The molecule has 9 nitrogen and oxygen atoms in total. The molecule has 3 unspecified atom stereocenters. The number of esters is 1. The molecular weight excluding hydrogens is 928 g/mol. The van der Waals surface area contributed by atoms with Gasteiger partial charge in [-0.3, -0.25) is 18.6 Å². The van der Waals surface area contributed by atoms with Gasteiger partial charge in [-0.2, -0.15) is 0 Å². The van der Waals surface area contributed by atoms with Crippen molar-refractivity contribution >= 4 is 19.7 Å². The van der Waals surface area contributed by atoms with Crippen LogP contribution < -0.4 is 5.32 Å². The van der Waals surface area contributed by atoms with Gasteiger partial charge in [-0.15, -0.1) is 0 Å². The predicted molar refractivity (Wildman–Crippen MR) is 314 cm³/mol. The van der Waals surface area contributed by atoms with Crippen LogP contribution in [0.3, 0.4) is 0 Å². The number of likely N-dealkylation sites (N-methyl/N-ethyl adjacent to an activating group) is 1. The summed E-state index contributed by atoms with van der Waals surface area (Å²) >= 11 is 0. The number of phosphoric ester groups is 1. The first kappa shape index (κ1) is 70.5. The van der Waals surface area contributed by atoms with Crippen LogP contribution in [-0.4, -0.2) is 74.3 Å². The zero-order chi connectivity index (χ0) is 53.6. The average molecular weight is 1040 g/mol. The van der Waals surface area contributed by atoms with Gasteiger partial charge in [-0.25, -0.2) is 4.57 Å². The molecule has 424 valence electrons. The number of carbonyl (C=O) groups is 2. The molecule has 0 spiro atoms. The van der Waals surface area contributed by atoms with Crippen LogP contribution in [0.25, 0.3) is 0 Å². The normalized spacial score (nSPS) is 14.2. The molecule has 0 saturated carbocycles. The molecule has 0 aliphatic carbocycles. The molecule has 0 radical (unpaired) electrons. The summed E-state index contributed by atoms with van der Waals surface area (Å²) in [6.07, 6.45) is 67.6. The molecule has 0 aromatic carbocycles. The van der Waals surface area contributed by atoms with Gasteiger partial charge in [0.05, 0.1) is 33.8 Å². The Morgan fingerprint density at radius 1 is 0.507 bits per heavy atom. The van der Waals surface area contributed by atoms with Crippen molar-refractivity contribution < 1.29 is 37.3 Å². The molecule has 0 saturated heterocycles. The van der Waals surface area contributed by atoms with Crippen LogP contribution >= 0.6 is 7.82 Å². The van der Waals surface area contributed by atoms with Crippen molar-refractivity contribution in [1.29, 1.82) is 0 Å². The van der Waals surface area contributed by atoms with Crippen molar-refractivity contribution in [3.8, 4) is 0 Å². The summed E-state index contributed by atoms with van der Waals surface area (Å²) in [5, 5.41) is 3.04. The highest BCUT2D eigenvalue weighted by atomic mass is 31.2. The number of rotatable bonds is 54. The van der Waals surface area contributed by atoms with Crippen molar-refractivity contribution in [2.45, 2.75) is 277 Å². The topological polar surface area (TPSA) is 111 Å². The van der Waals surface area contributed by atoms with Gasteiger partial charge in [0.25, 0.3) is 0 Å². The van der Waals surface area contributed by atoms with E-state index in [0.717, 1.165) is 89.9 Å². The molecule has 0 aliphatic heterocycles. The Kier molecular flexibility index (Phi) is 51.0. The number of ether oxygens (including phenoxy) is 1. The van der Waals surface area contributed by atoms with Gasteiger partial charge in [0.1, 0.15) is 19.3 Å². The van der Waals surface area contributed by atoms with Gasteiger partial charge < -0.3 is 19.4 Å². The molecule has 0 heterocycles. The number of unbranched alkanes of at least 4 members (excludes halogenated alkanes) is 30. The summed E-state index contributed by atoms with van der Waals surface area (Å²) < 4.78 is 30.6. The van der Waals surface area contributed by atoms with Crippen LogP contribution in [0.2, 0.25) is 0 Å². The fourth-order valence-corrected chi connectivity index (χ4v) is 9.24. The minimum atomic E-state index is -4.45. The smallest absolute Gasteiger partial charge is 0.456 e. The maximum Gasteiger partial charge on any atom is 0.472 e. The van der Waals surface area contributed by atoms with Crippen LogP contribution in [-0.2, 0) is 27.9 Å². The molecule has 3 atom stereocenters. The predicted octanol–water partition coefficient (Wildman–Crippen LogP) is 18.4. The summed E-state index contributed by atoms with van der Waals surface area (Å²) in [7, 11) is 1.48. The maximum absolute atomic E-state index is 13.5. The number of carbonyl (C=O) groups excluding carboxylic acids is 2. The molecular formula is C63H116N2O7P+. The summed E-state index contributed by atoms with van der Waals surface area (Å²) in [4.78, 5) is 37.6. The Balaban J connectivity index is 5.15. The number of hydrogen-bond acceptors (Lipinski definition) is 6. The van der Waals surface area contributed by atoms with Crippen LogP contribution in [0.15, 0.2) is 72.9 Å². The second-order valence-corrected chi connectivity index (χ2v) is 23.0. The Hall–Kier alpha value is -2.55. The Labute approximate surface area is 451 Å². The van der Waals surface area contributed by atoms with Crippen molar-refractivity contribution in [3.05, 3.63) is 72.9 Å². The third-order valence-electron chi connectivity index (χ3n) is 13.2. The highest BCUT2D eigenvalue weighted by molar-refractivity contribution is 7.47. The minimum absolute atomic E-state index is 0.0338. The lowest BCUT2D eigenvalue weighted by molar-refractivity contribution is -0.870. The van der Waals surface area contributed by atoms with Crippen molar-refractivity contribution in [2.75, 3.05) is 40.9 Å². The van der Waals surface area contributed by atoms with Gasteiger partial charge in [0, 0.05) is 12.8 Å². The van der Waals surface area contributed by atoms with Crippen LogP contribution in [0, 0.1) is 0 Å². The van der Waals surface area contributed by atoms with Gasteiger partial charge in [0.2, 0.25) is 5.91 Å². The summed E-state index contributed by atoms with van der Waals surface area (Å²) in [5.41, 5.74) is 0. The van der Waals surface area contributed by atoms with E-state index < -0.39 is 20.0 Å². The molecule has 73 heavy (non-hydrogen) atoms. The SMILES string of the molecule is CC/C=C/C=C/C=C\CCCCCCCC(=O)NC(COP(=O)(O)OCC[N+](C)(C)C)C(/C=C\CCCCCCCCCCC)OC(=O)CCCCCCCCCCCCCCC/C=C\C/C=C\CCCCC. The lowest BCUT2D eigenvalue weighted by atomic mass is 10.0. The van der Waals surface area contributed by atoms with E-state index in [1.54, 1.807) is 0 Å². The third kappa shape index (κ3) is 54.1. The number of nitrogens with one attached hydrogen (secondary N) is 1. The first-order valence-electron chi connectivity index (χ1n) is 30.3. The molecule has 0 fully saturated rings. The van der Waals surface area contributed by atoms with Crippen LogP contribution in [0.4, 0.5) is 0 Å². The molecule has 0 rings (SSSR count). The molecule has 2 N–H and O–H groups in total. The average Bonchev–Trinajstić information content (AvgIpc) is 3.35. The second-order valence-electron chi connectivity index (χ2n) is 21.6. The van der Waals surface area contributed by atoms with E-state index in [4.69, 9.17) is 13.8 Å². The largest absolute Gasteiger partial charge is 0.472 e. The molecule has 0 aromatic rings. The van der Waals surface area contributed by atoms with Crippen LogP contribution in [0.5, 0.6) is 0 Å². The van der Waals surface area contributed by atoms with E-state index >= 15 is 0 Å². The monoisotopic (exact) mass is 1040 g/mol. The first-order valence-corrected chi connectivity index (χ1v) is 31.8. The van der Waals surface area contributed by atoms with E-state index in [1.807, 2.05) is 33.3 Å². The fraction of sp³-hybridized carbons (Fsp3) is 0.778. The standard InChI is InChI=1S/C63H115N2O7P/c1-7-10-13-16-19-22-25-27-28-29-30-31-32-33-34-35-36-38-41-44-47-50-53-56-63(67)72-61(54-51-48-45-42-39-24-21-18-15-12-9-3)60(59-71-73(68,69)70-58-57-65(4,5)6)64-62(66)55-52-49-46-43-40-37-26-23-20-17-14-11-8-2/h11,14,17,19-20,22-23,26-28,51,54,60-61H,7-10,12-13,15-16,18,21,24-25,29-50,52-53,55-59H2,1-6H3,(H-,64,66,68,69)/p+1/b14-11+,20-17+,22-19-,26-23-,28-27-,54-51-.